The Labute approximate surface area is 113 Å². The summed E-state index contributed by atoms with van der Waals surface area (Å²) in [6.45, 7) is 5.82. The fourth-order valence-electron chi connectivity index (χ4n) is 2.15. The van der Waals surface area contributed by atoms with Gasteiger partial charge in [-0.1, -0.05) is 29.8 Å². The van der Waals surface area contributed by atoms with Crippen molar-refractivity contribution in [3.05, 3.63) is 70.0 Å². The summed E-state index contributed by atoms with van der Waals surface area (Å²) in [7, 11) is 0. The maximum absolute atomic E-state index is 13.2. The summed E-state index contributed by atoms with van der Waals surface area (Å²) in [4.78, 5) is 12.3. The van der Waals surface area contributed by atoms with Gasteiger partial charge >= 0.3 is 0 Å². The van der Waals surface area contributed by atoms with Crippen molar-refractivity contribution in [2.24, 2.45) is 0 Å². The fourth-order valence-corrected chi connectivity index (χ4v) is 2.15. The Balaban J connectivity index is 2.30. The van der Waals surface area contributed by atoms with Crippen molar-refractivity contribution in [2.75, 3.05) is 0 Å². The number of rotatable bonds is 3. The monoisotopic (exact) mass is 256 g/mol. The third-order valence-corrected chi connectivity index (χ3v) is 3.36. The molecule has 0 radical (unpaired) electrons. The minimum absolute atomic E-state index is 0.0364. The Hall–Kier alpha value is -1.96. The van der Waals surface area contributed by atoms with E-state index in [0.717, 1.165) is 22.3 Å². The van der Waals surface area contributed by atoms with Gasteiger partial charge in [0.1, 0.15) is 5.82 Å². The summed E-state index contributed by atoms with van der Waals surface area (Å²) in [5, 5.41) is 0. The lowest BCUT2D eigenvalue weighted by molar-refractivity contribution is 0.0991. The quantitative estimate of drug-likeness (QED) is 0.753. The van der Waals surface area contributed by atoms with Crippen LogP contribution in [0.3, 0.4) is 0 Å². The third-order valence-electron chi connectivity index (χ3n) is 3.36. The second-order valence-electron chi connectivity index (χ2n) is 4.99. The molecule has 98 valence electrons. The van der Waals surface area contributed by atoms with Crippen molar-refractivity contribution in [3.8, 4) is 0 Å². The van der Waals surface area contributed by atoms with E-state index < -0.39 is 0 Å². The van der Waals surface area contributed by atoms with E-state index in [1.165, 1.54) is 12.1 Å². The first-order valence-corrected chi connectivity index (χ1v) is 6.33. The van der Waals surface area contributed by atoms with Gasteiger partial charge in [-0.3, -0.25) is 4.79 Å². The molecule has 0 fully saturated rings. The number of hydrogen-bond donors (Lipinski definition) is 0. The molecule has 0 heterocycles. The first-order valence-electron chi connectivity index (χ1n) is 6.33. The Kier molecular flexibility index (Phi) is 3.79. The summed E-state index contributed by atoms with van der Waals surface area (Å²) < 4.78 is 13.2. The predicted molar refractivity (Wildman–Crippen MR) is 75.1 cm³/mol. The normalized spacial score (nSPS) is 10.5. The van der Waals surface area contributed by atoms with Gasteiger partial charge in [-0.25, -0.2) is 4.39 Å². The molecule has 0 bridgehead atoms. The van der Waals surface area contributed by atoms with Gasteiger partial charge in [0.2, 0.25) is 0 Å². The molecular weight excluding hydrogens is 239 g/mol. The second-order valence-corrected chi connectivity index (χ2v) is 4.99. The summed E-state index contributed by atoms with van der Waals surface area (Å²) in [6, 6.07) is 10.4. The van der Waals surface area contributed by atoms with E-state index in [4.69, 9.17) is 0 Å². The average molecular weight is 256 g/mol. The van der Waals surface area contributed by atoms with Crippen LogP contribution in [0, 0.1) is 26.6 Å². The van der Waals surface area contributed by atoms with Gasteiger partial charge in [0, 0.05) is 12.0 Å². The summed E-state index contributed by atoms with van der Waals surface area (Å²) in [5.41, 5.74) is 4.52. The van der Waals surface area contributed by atoms with E-state index in [9.17, 15) is 9.18 Å². The maximum atomic E-state index is 13.2. The van der Waals surface area contributed by atoms with Crippen LogP contribution in [0.2, 0.25) is 0 Å². The van der Waals surface area contributed by atoms with E-state index in [1.807, 2.05) is 39.0 Å². The second kappa shape index (κ2) is 5.35. The van der Waals surface area contributed by atoms with Crippen molar-refractivity contribution in [1.82, 2.24) is 0 Å². The predicted octanol–water partition coefficient (Wildman–Crippen LogP) is 4.18. The summed E-state index contributed by atoms with van der Waals surface area (Å²) in [5.74, 6) is -0.402. The molecule has 0 spiro atoms. The highest BCUT2D eigenvalue weighted by molar-refractivity contribution is 5.98. The molecule has 0 amide bonds. The van der Waals surface area contributed by atoms with Crippen molar-refractivity contribution in [3.63, 3.8) is 0 Å². The molecule has 0 saturated heterocycles. The summed E-state index contributed by atoms with van der Waals surface area (Å²) in [6.07, 6.45) is 0.317. The Morgan fingerprint density at radius 2 is 1.68 bits per heavy atom. The van der Waals surface area contributed by atoms with E-state index in [0.29, 0.717) is 12.0 Å². The first kappa shape index (κ1) is 13.5. The van der Waals surface area contributed by atoms with Gasteiger partial charge in [-0.2, -0.15) is 0 Å². The van der Waals surface area contributed by atoms with Crippen LogP contribution >= 0.6 is 0 Å². The fraction of sp³-hybridized carbons (Fsp3) is 0.235. The molecule has 2 aromatic rings. The highest BCUT2D eigenvalue weighted by Gasteiger charge is 2.12. The average Bonchev–Trinajstić information content (AvgIpc) is 2.36. The zero-order valence-corrected chi connectivity index (χ0v) is 11.5. The molecule has 2 heteroatoms. The molecule has 0 aliphatic carbocycles. The maximum Gasteiger partial charge on any atom is 0.167 e. The van der Waals surface area contributed by atoms with E-state index in [2.05, 4.69) is 0 Å². The Bertz CT molecular complexity index is 629. The van der Waals surface area contributed by atoms with Crippen LogP contribution < -0.4 is 0 Å². The van der Waals surface area contributed by atoms with Crippen LogP contribution in [0.4, 0.5) is 4.39 Å². The number of Topliss-reactive ketones (excluding diaryl/α,β-unsaturated/α-hetero) is 1. The van der Waals surface area contributed by atoms with Crippen molar-refractivity contribution in [1.29, 1.82) is 0 Å². The van der Waals surface area contributed by atoms with Gasteiger partial charge in [0.05, 0.1) is 0 Å². The highest BCUT2D eigenvalue weighted by Crippen LogP contribution is 2.17. The van der Waals surface area contributed by atoms with Crippen LogP contribution in [0.25, 0.3) is 0 Å². The molecule has 0 aliphatic rings. The number of benzene rings is 2. The molecule has 19 heavy (non-hydrogen) atoms. The van der Waals surface area contributed by atoms with Crippen LogP contribution in [-0.2, 0) is 6.42 Å². The molecule has 1 nitrogen and oxygen atoms in total. The zero-order valence-electron chi connectivity index (χ0n) is 11.5. The van der Waals surface area contributed by atoms with E-state index in [1.54, 1.807) is 6.07 Å². The number of hydrogen-bond acceptors (Lipinski definition) is 1. The van der Waals surface area contributed by atoms with Crippen LogP contribution in [0.5, 0.6) is 0 Å². The lowest BCUT2D eigenvalue weighted by Gasteiger charge is -2.08. The molecular formula is C17H17FO. The van der Waals surface area contributed by atoms with Crippen molar-refractivity contribution < 1.29 is 9.18 Å². The van der Waals surface area contributed by atoms with Crippen LogP contribution in [0.15, 0.2) is 36.4 Å². The topological polar surface area (TPSA) is 17.1 Å². The highest BCUT2D eigenvalue weighted by atomic mass is 19.1. The molecule has 0 N–H and O–H groups in total. The molecule has 2 aromatic carbocycles. The van der Waals surface area contributed by atoms with Gasteiger partial charge in [-0.05, 0) is 49.6 Å². The lowest BCUT2D eigenvalue weighted by atomic mass is 9.96. The van der Waals surface area contributed by atoms with Gasteiger partial charge in [-0.15, -0.1) is 0 Å². The zero-order chi connectivity index (χ0) is 14.0. The number of carbonyl (C=O) groups is 1. The van der Waals surface area contributed by atoms with E-state index >= 15 is 0 Å². The molecule has 0 atom stereocenters. The lowest BCUT2D eigenvalue weighted by Crippen LogP contribution is -2.07. The van der Waals surface area contributed by atoms with E-state index in [-0.39, 0.29) is 11.6 Å². The number of carbonyl (C=O) groups excluding carboxylic acids is 1. The molecule has 0 unspecified atom stereocenters. The number of aryl methyl sites for hydroxylation is 3. The molecule has 0 aliphatic heterocycles. The van der Waals surface area contributed by atoms with Gasteiger partial charge in [0.25, 0.3) is 0 Å². The molecule has 0 aromatic heterocycles. The van der Waals surface area contributed by atoms with Crippen molar-refractivity contribution >= 4 is 5.78 Å². The smallest absolute Gasteiger partial charge is 0.167 e. The third kappa shape index (κ3) is 3.08. The SMILES string of the molecule is Cc1ccc(C)c(CC(=O)c2cc(F)ccc2C)c1. The van der Waals surface area contributed by atoms with Crippen LogP contribution in [-0.4, -0.2) is 5.78 Å². The Morgan fingerprint density at radius 3 is 2.42 bits per heavy atom. The molecule has 2 rings (SSSR count). The summed E-state index contributed by atoms with van der Waals surface area (Å²) >= 11 is 0. The van der Waals surface area contributed by atoms with Crippen LogP contribution in [0.1, 0.15) is 32.6 Å². The Morgan fingerprint density at radius 1 is 1.00 bits per heavy atom. The van der Waals surface area contributed by atoms with Gasteiger partial charge < -0.3 is 0 Å². The minimum atomic E-state index is -0.366. The minimum Gasteiger partial charge on any atom is -0.294 e. The standard InChI is InChI=1S/C17H17FO/c1-11-4-5-12(2)14(8-11)9-17(19)16-10-15(18)7-6-13(16)3/h4-8,10H,9H2,1-3H3. The first-order chi connectivity index (χ1) is 8.97. The molecule has 0 saturated carbocycles. The van der Waals surface area contributed by atoms with Gasteiger partial charge in [0.15, 0.2) is 5.78 Å². The largest absolute Gasteiger partial charge is 0.294 e. The number of ketones is 1. The van der Waals surface area contributed by atoms with Crippen molar-refractivity contribution in [2.45, 2.75) is 27.2 Å². The number of halogens is 1.